The number of benzene rings is 1. The number of thiocarbonyl (C=S) groups is 1. The lowest BCUT2D eigenvalue weighted by molar-refractivity contribution is 0.716. The highest BCUT2D eigenvalue weighted by molar-refractivity contribution is 7.80. The minimum Gasteiger partial charge on any atom is -0.389 e. The summed E-state index contributed by atoms with van der Waals surface area (Å²) < 4.78 is 1.61. The van der Waals surface area contributed by atoms with Crippen molar-refractivity contribution in [3.63, 3.8) is 0 Å². The van der Waals surface area contributed by atoms with Crippen molar-refractivity contribution in [1.82, 2.24) is 9.55 Å². The van der Waals surface area contributed by atoms with Gasteiger partial charge in [0, 0.05) is 37.2 Å². The standard InChI is InChI=1S/C14H16N4OS/c1-3-18-8-7-16-13(14(18)19)17(2)11-6-4-5-10(9-11)12(15)20/h4-9H,3H2,1-2H3,(H2,15,20). The van der Waals surface area contributed by atoms with Gasteiger partial charge in [0.15, 0.2) is 5.82 Å². The van der Waals surface area contributed by atoms with Crippen molar-refractivity contribution in [3.05, 3.63) is 52.6 Å². The second kappa shape index (κ2) is 5.83. The minimum absolute atomic E-state index is 0.127. The summed E-state index contributed by atoms with van der Waals surface area (Å²) in [7, 11) is 1.79. The number of nitrogens with two attached hydrogens (primary N) is 1. The molecule has 1 aromatic heterocycles. The van der Waals surface area contributed by atoms with Crippen LogP contribution in [0.4, 0.5) is 11.5 Å². The quantitative estimate of drug-likeness (QED) is 0.867. The molecule has 6 heteroatoms. The van der Waals surface area contributed by atoms with Crippen LogP contribution in [0.5, 0.6) is 0 Å². The first-order chi connectivity index (χ1) is 9.54. The van der Waals surface area contributed by atoms with Gasteiger partial charge < -0.3 is 15.2 Å². The molecule has 0 spiro atoms. The van der Waals surface area contributed by atoms with E-state index in [9.17, 15) is 4.79 Å². The van der Waals surface area contributed by atoms with Crippen molar-refractivity contribution in [2.45, 2.75) is 13.5 Å². The Kier molecular flexibility index (Phi) is 4.14. The molecule has 0 atom stereocenters. The highest BCUT2D eigenvalue weighted by Gasteiger charge is 2.12. The number of aromatic nitrogens is 2. The molecular weight excluding hydrogens is 272 g/mol. The number of nitrogens with zero attached hydrogens (tertiary/aromatic N) is 3. The topological polar surface area (TPSA) is 64.2 Å². The third-order valence-electron chi connectivity index (χ3n) is 3.07. The first kappa shape index (κ1) is 14.2. The zero-order valence-corrected chi connectivity index (χ0v) is 12.2. The Bertz CT molecular complexity index is 696. The van der Waals surface area contributed by atoms with Crippen molar-refractivity contribution in [2.24, 2.45) is 5.73 Å². The van der Waals surface area contributed by atoms with Crippen molar-refractivity contribution >= 4 is 28.7 Å². The summed E-state index contributed by atoms with van der Waals surface area (Å²) in [4.78, 5) is 18.5. The molecule has 1 aromatic carbocycles. The molecular formula is C14H16N4OS. The summed E-state index contributed by atoms with van der Waals surface area (Å²) in [6.07, 6.45) is 3.29. The molecule has 2 aromatic rings. The van der Waals surface area contributed by atoms with E-state index in [0.717, 1.165) is 11.3 Å². The summed E-state index contributed by atoms with van der Waals surface area (Å²) in [6, 6.07) is 7.41. The predicted octanol–water partition coefficient (Wildman–Crippen LogP) is 1.67. The third kappa shape index (κ3) is 2.70. The summed E-state index contributed by atoms with van der Waals surface area (Å²) in [5.74, 6) is 0.370. The average Bonchev–Trinajstić information content (AvgIpc) is 2.47. The van der Waals surface area contributed by atoms with Gasteiger partial charge in [-0.05, 0) is 19.1 Å². The smallest absolute Gasteiger partial charge is 0.293 e. The Labute approximate surface area is 122 Å². The number of rotatable bonds is 4. The number of anilines is 2. The van der Waals surface area contributed by atoms with Gasteiger partial charge in [0.2, 0.25) is 0 Å². The highest BCUT2D eigenvalue weighted by atomic mass is 32.1. The van der Waals surface area contributed by atoms with Crippen LogP contribution in [0, 0.1) is 0 Å². The Morgan fingerprint density at radius 1 is 1.50 bits per heavy atom. The van der Waals surface area contributed by atoms with E-state index in [4.69, 9.17) is 18.0 Å². The first-order valence-corrected chi connectivity index (χ1v) is 6.64. The highest BCUT2D eigenvalue weighted by Crippen LogP contribution is 2.20. The molecule has 20 heavy (non-hydrogen) atoms. The average molecular weight is 288 g/mol. The maximum Gasteiger partial charge on any atom is 0.293 e. The SMILES string of the molecule is CCn1ccnc(N(C)c2cccc(C(N)=S)c2)c1=O. The molecule has 0 aliphatic rings. The molecule has 0 saturated carbocycles. The van der Waals surface area contributed by atoms with Crippen LogP contribution < -0.4 is 16.2 Å². The Balaban J connectivity index is 2.46. The normalized spacial score (nSPS) is 10.3. The van der Waals surface area contributed by atoms with Gasteiger partial charge in [0.25, 0.3) is 5.56 Å². The molecule has 2 rings (SSSR count). The van der Waals surface area contributed by atoms with E-state index in [0.29, 0.717) is 17.4 Å². The molecule has 0 aliphatic heterocycles. The zero-order valence-electron chi connectivity index (χ0n) is 11.4. The number of hydrogen-bond donors (Lipinski definition) is 1. The predicted molar refractivity (Wildman–Crippen MR) is 84.6 cm³/mol. The molecule has 104 valence electrons. The van der Waals surface area contributed by atoms with Gasteiger partial charge in [-0.1, -0.05) is 24.4 Å². The fourth-order valence-corrected chi connectivity index (χ4v) is 2.03. The van der Waals surface area contributed by atoms with E-state index in [-0.39, 0.29) is 5.56 Å². The Hall–Kier alpha value is -2.21. The van der Waals surface area contributed by atoms with E-state index >= 15 is 0 Å². The molecule has 0 bridgehead atoms. The van der Waals surface area contributed by atoms with E-state index in [1.807, 2.05) is 31.2 Å². The van der Waals surface area contributed by atoms with Gasteiger partial charge in [-0.3, -0.25) is 4.79 Å². The molecule has 0 unspecified atom stereocenters. The Morgan fingerprint density at radius 2 is 2.25 bits per heavy atom. The monoisotopic (exact) mass is 288 g/mol. The van der Waals surface area contributed by atoms with E-state index in [1.54, 1.807) is 28.9 Å². The van der Waals surface area contributed by atoms with Gasteiger partial charge in [0.05, 0.1) is 0 Å². The summed E-state index contributed by atoms with van der Waals surface area (Å²) in [5.41, 5.74) is 7.08. The molecule has 1 heterocycles. The molecule has 0 aliphatic carbocycles. The van der Waals surface area contributed by atoms with Gasteiger partial charge in [-0.15, -0.1) is 0 Å². The van der Waals surface area contributed by atoms with Crippen LogP contribution in [-0.4, -0.2) is 21.6 Å². The van der Waals surface area contributed by atoms with E-state index in [2.05, 4.69) is 4.98 Å². The van der Waals surface area contributed by atoms with Crippen LogP contribution in [0.25, 0.3) is 0 Å². The van der Waals surface area contributed by atoms with Crippen molar-refractivity contribution in [1.29, 1.82) is 0 Å². The van der Waals surface area contributed by atoms with Crippen LogP contribution in [0.1, 0.15) is 12.5 Å². The molecule has 0 fully saturated rings. The van der Waals surface area contributed by atoms with E-state index < -0.39 is 0 Å². The van der Waals surface area contributed by atoms with Crippen LogP contribution in [0.15, 0.2) is 41.5 Å². The molecule has 5 nitrogen and oxygen atoms in total. The first-order valence-electron chi connectivity index (χ1n) is 6.23. The van der Waals surface area contributed by atoms with Crippen molar-refractivity contribution in [2.75, 3.05) is 11.9 Å². The molecule has 0 amide bonds. The third-order valence-corrected chi connectivity index (χ3v) is 3.31. The molecule has 0 saturated heterocycles. The summed E-state index contributed by atoms with van der Waals surface area (Å²) in [5, 5.41) is 0. The minimum atomic E-state index is -0.127. The maximum absolute atomic E-state index is 12.2. The fourth-order valence-electron chi connectivity index (χ4n) is 1.90. The van der Waals surface area contributed by atoms with E-state index in [1.165, 1.54) is 0 Å². The molecule has 0 radical (unpaired) electrons. The van der Waals surface area contributed by atoms with Crippen molar-refractivity contribution < 1.29 is 0 Å². The number of hydrogen-bond acceptors (Lipinski definition) is 4. The van der Waals surface area contributed by atoms with Crippen molar-refractivity contribution in [3.8, 4) is 0 Å². The van der Waals surface area contributed by atoms with Gasteiger partial charge in [-0.25, -0.2) is 4.98 Å². The second-order valence-electron chi connectivity index (χ2n) is 4.32. The van der Waals surface area contributed by atoms with Crippen LogP contribution >= 0.6 is 12.2 Å². The fraction of sp³-hybridized carbons (Fsp3) is 0.214. The molecule has 2 N–H and O–H groups in total. The summed E-state index contributed by atoms with van der Waals surface area (Å²) in [6.45, 7) is 2.52. The van der Waals surface area contributed by atoms with Gasteiger partial charge >= 0.3 is 0 Å². The lowest BCUT2D eigenvalue weighted by atomic mass is 10.2. The lowest BCUT2D eigenvalue weighted by Gasteiger charge is -2.19. The summed E-state index contributed by atoms with van der Waals surface area (Å²) >= 11 is 4.97. The van der Waals surface area contributed by atoms with Gasteiger partial charge in [-0.2, -0.15) is 0 Å². The van der Waals surface area contributed by atoms with Crippen LogP contribution in [0.3, 0.4) is 0 Å². The van der Waals surface area contributed by atoms with Crippen LogP contribution in [0.2, 0.25) is 0 Å². The zero-order chi connectivity index (χ0) is 14.7. The second-order valence-corrected chi connectivity index (χ2v) is 4.76. The van der Waals surface area contributed by atoms with Crippen LogP contribution in [-0.2, 0) is 6.54 Å². The largest absolute Gasteiger partial charge is 0.389 e. The number of aryl methyl sites for hydroxylation is 1. The maximum atomic E-state index is 12.2. The van der Waals surface area contributed by atoms with Gasteiger partial charge in [0.1, 0.15) is 4.99 Å². The Morgan fingerprint density at radius 3 is 2.90 bits per heavy atom. The lowest BCUT2D eigenvalue weighted by Crippen LogP contribution is -2.27.